The third-order valence-corrected chi connectivity index (χ3v) is 2.57. The average Bonchev–Trinajstić information content (AvgIpc) is 2.06. The monoisotopic (exact) mass is 172 g/mol. The van der Waals surface area contributed by atoms with E-state index in [1.54, 1.807) is 7.11 Å². The Bertz CT molecular complexity index is 122. The molecule has 0 N–H and O–H groups in total. The lowest BCUT2D eigenvalue weighted by atomic mass is 10.2. The summed E-state index contributed by atoms with van der Waals surface area (Å²) in [6.45, 7) is 7.82. The summed E-state index contributed by atoms with van der Waals surface area (Å²) in [5.74, 6) is 0. The molecule has 0 aliphatic carbocycles. The van der Waals surface area contributed by atoms with Crippen LogP contribution in [0.25, 0.3) is 0 Å². The van der Waals surface area contributed by atoms with Gasteiger partial charge in [0.05, 0.1) is 6.61 Å². The minimum absolute atomic E-state index is 0.573. The van der Waals surface area contributed by atoms with Crippen LogP contribution in [0.3, 0.4) is 0 Å². The molecule has 72 valence electrons. The Balaban J connectivity index is 2.24. The predicted octanol–water partition coefficient (Wildman–Crippen LogP) is 0.269. The standard InChI is InChI=1S/C9H20N2O/c1-9(8-12-3)11-6-4-10(2)5-7-11/h9H,4-8H2,1-3H3/t9-/m0/s1. The van der Waals surface area contributed by atoms with Crippen LogP contribution in [0.2, 0.25) is 0 Å². The summed E-state index contributed by atoms with van der Waals surface area (Å²) in [4.78, 5) is 4.86. The van der Waals surface area contributed by atoms with E-state index < -0.39 is 0 Å². The predicted molar refractivity (Wildman–Crippen MR) is 50.4 cm³/mol. The molecular weight excluding hydrogens is 152 g/mol. The van der Waals surface area contributed by atoms with Crippen molar-refractivity contribution in [1.82, 2.24) is 9.80 Å². The van der Waals surface area contributed by atoms with Gasteiger partial charge in [0.1, 0.15) is 0 Å². The van der Waals surface area contributed by atoms with Crippen LogP contribution in [0.4, 0.5) is 0 Å². The number of likely N-dealkylation sites (N-methyl/N-ethyl adjacent to an activating group) is 1. The van der Waals surface area contributed by atoms with Crippen LogP contribution in [-0.4, -0.2) is 62.8 Å². The zero-order valence-corrected chi connectivity index (χ0v) is 8.42. The lowest BCUT2D eigenvalue weighted by Crippen LogP contribution is -2.49. The molecule has 1 fully saturated rings. The Morgan fingerprint density at radius 3 is 2.33 bits per heavy atom. The molecule has 0 bridgehead atoms. The number of piperazine rings is 1. The van der Waals surface area contributed by atoms with Gasteiger partial charge in [0.2, 0.25) is 0 Å². The fourth-order valence-electron chi connectivity index (χ4n) is 1.61. The van der Waals surface area contributed by atoms with Crippen LogP contribution in [-0.2, 0) is 4.74 Å². The van der Waals surface area contributed by atoms with Crippen LogP contribution in [0.1, 0.15) is 6.92 Å². The van der Waals surface area contributed by atoms with Crippen LogP contribution < -0.4 is 0 Å². The summed E-state index contributed by atoms with van der Waals surface area (Å²) in [5, 5.41) is 0. The first-order chi connectivity index (χ1) is 5.74. The van der Waals surface area contributed by atoms with E-state index in [1.165, 1.54) is 26.2 Å². The molecule has 1 heterocycles. The normalized spacial score (nSPS) is 24.2. The molecule has 0 saturated carbocycles. The zero-order valence-electron chi connectivity index (χ0n) is 8.42. The van der Waals surface area contributed by atoms with Crippen LogP contribution in [0.5, 0.6) is 0 Å². The van der Waals surface area contributed by atoms with Gasteiger partial charge in [-0.15, -0.1) is 0 Å². The highest BCUT2D eigenvalue weighted by Crippen LogP contribution is 2.04. The van der Waals surface area contributed by atoms with Gasteiger partial charge < -0.3 is 9.64 Å². The molecule has 0 aromatic heterocycles. The highest BCUT2D eigenvalue weighted by Gasteiger charge is 2.18. The number of hydrogen-bond acceptors (Lipinski definition) is 3. The average molecular weight is 172 g/mol. The molecule has 0 aromatic carbocycles. The lowest BCUT2D eigenvalue weighted by molar-refractivity contribution is 0.0650. The molecule has 12 heavy (non-hydrogen) atoms. The fourth-order valence-corrected chi connectivity index (χ4v) is 1.61. The van der Waals surface area contributed by atoms with Crippen molar-refractivity contribution >= 4 is 0 Å². The number of ether oxygens (including phenoxy) is 1. The van der Waals surface area contributed by atoms with Gasteiger partial charge in [-0.25, -0.2) is 0 Å². The van der Waals surface area contributed by atoms with Gasteiger partial charge in [0.15, 0.2) is 0 Å². The molecule has 1 atom stereocenters. The second kappa shape index (κ2) is 4.80. The minimum Gasteiger partial charge on any atom is -0.383 e. The first-order valence-corrected chi connectivity index (χ1v) is 4.65. The topological polar surface area (TPSA) is 15.7 Å². The van der Waals surface area contributed by atoms with Gasteiger partial charge in [-0.3, -0.25) is 4.90 Å². The molecule has 1 rings (SSSR count). The molecule has 0 unspecified atom stereocenters. The quantitative estimate of drug-likeness (QED) is 0.607. The van der Waals surface area contributed by atoms with E-state index >= 15 is 0 Å². The van der Waals surface area contributed by atoms with Gasteiger partial charge in [-0.1, -0.05) is 0 Å². The van der Waals surface area contributed by atoms with E-state index in [0.29, 0.717) is 6.04 Å². The largest absolute Gasteiger partial charge is 0.383 e. The van der Waals surface area contributed by atoms with Crippen LogP contribution >= 0.6 is 0 Å². The summed E-state index contributed by atoms with van der Waals surface area (Å²) in [6, 6.07) is 0.573. The summed E-state index contributed by atoms with van der Waals surface area (Å²) in [5.41, 5.74) is 0. The molecule has 1 aliphatic rings. The van der Waals surface area contributed by atoms with E-state index in [1.807, 2.05) is 0 Å². The van der Waals surface area contributed by atoms with Crippen molar-refractivity contribution in [3.8, 4) is 0 Å². The third-order valence-electron chi connectivity index (χ3n) is 2.57. The minimum atomic E-state index is 0.573. The molecule has 3 nitrogen and oxygen atoms in total. The second-order valence-electron chi connectivity index (χ2n) is 3.64. The molecule has 1 aliphatic heterocycles. The first-order valence-electron chi connectivity index (χ1n) is 4.65. The van der Waals surface area contributed by atoms with E-state index in [2.05, 4.69) is 23.8 Å². The van der Waals surface area contributed by atoms with Crippen molar-refractivity contribution in [3.63, 3.8) is 0 Å². The Labute approximate surface area is 75.3 Å². The van der Waals surface area contributed by atoms with Crippen molar-refractivity contribution in [2.45, 2.75) is 13.0 Å². The van der Waals surface area contributed by atoms with Crippen LogP contribution in [0.15, 0.2) is 0 Å². The maximum absolute atomic E-state index is 5.13. The van der Waals surface area contributed by atoms with Crippen LogP contribution in [0, 0.1) is 0 Å². The zero-order chi connectivity index (χ0) is 8.97. The molecule has 3 heteroatoms. The smallest absolute Gasteiger partial charge is 0.0615 e. The fraction of sp³-hybridized carbons (Fsp3) is 1.00. The van der Waals surface area contributed by atoms with Gasteiger partial charge in [-0.2, -0.15) is 0 Å². The lowest BCUT2D eigenvalue weighted by Gasteiger charge is -2.36. The molecule has 0 radical (unpaired) electrons. The molecular formula is C9H20N2O. The highest BCUT2D eigenvalue weighted by molar-refractivity contribution is 4.73. The molecule has 0 spiro atoms. The summed E-state index contributed by atoms with van der Waals surface area (Å²) in [7, 11) is 3.95. The van der Waals surface area contributed by atoms with Crippen molar-refractivity contribution in [1.29, 1.82) is 0 Å². The van der Waals surface area contributed by atoms with E-state index in [-0.39, 0.29) is 0 Å². The Kier molecular flexibility index (Phi) is 3.98. The number of rotatable bonds is 3. The van der Waals surface area contributed by atoms with Gasteiger partial charge in [0.25, 0.3) is 0 Å². The highest BCUT2D eigenvalue weighted by atomic mass is 16.5. The summed E-state index contributed by atoms with van der Waals surface area (Å²) in [6.07, 6.45) is 0. The van der Waals surface area contributed by atoms with Gasteiger partial charge in [-0.05, 0) is 14.0 Å². The first kappa shape index (κ1) is 9.96. The molecule has 0 amide bonds. The summed E-state index contributed by atoms with van der Waals surface area (Å²) < 4.78 is 5.13. The number of methoxy groups -OCH3 is 1. The summed E-state index contributed by atoms with van der Waals surface area (Å²) >= 11 is 0. The number of nitrogens with zero attached hydrogens (tertiary/aromatic N) is 2. The maximum atomic E-state index is 5.13. The molecule has 0 aromatic rings. The van der Waals surface area contributed by atoms with Crippen molar-refractivity contribution in [2.24, 2.45) is 0 Å². The van der Waals surface area contributed by atoms with Crippen molar-refractivity contribution in [2.75, 3.05) is 46.9 Å². The van der Waals surface area contributed by atoms with Gasteiger partial charge >= 0.3 is 0 Å². The number of hydrogen-bond donors (Lipinski definition) is 0. The SMILES string of the molecule is COC[C@H](C)N1CCN(C)CC1. The Morgan fingerprint density at radius 1 is 1.25 bits per heavy atom. The van der Waals surface area contributed by atoms with E-state index in [9.17, 15) is 0 Å². The van der Waals surface area contributed by atoms with Crippen molar-refractivity contribution in [3.05, 3.63) is 0 Å². The van der Waals surface area contributed by atoms with E-state index in [0.717, 1.165) is 6.61 Å². The van der Waals surface area contributed by atoms with E-state index in [4.69, 9.17) is 4.74 Å². The Morgan fingerprint density at radius 2 is 1.83 bits per heavy atom. The second-order valence-corrected chi connectivity index (χ2v) is 3.64. The van der Waals surface area contributed by atoms with Gasteiger partial charge in [0, 0.05) is 39.3 Å². The Hall–Kier alpha value is -0.120. The maximum Gasteiger partial charge on any atom is 0.0615 e. The van der Waals surface area contributed by atoms with Crippen molar-refractivity contribution < 1.29 is 4.74 Å². The molecule has 1 saturated heterocycles. The third kappa shape index (κ3) is 2.73.